The van der Waals surface area contributed by atoms with Crippen molar-refractivity contribution in [2.75, 3.05) is 25.7 Å². The second kappa shape index (κ2) is 6.00. The molecule has 5 nitrogen and oxygen atoms in total. The fourth-order valence-electron chi connectivity index (χ4n) is 1.37. The number of amides is 1. The van der Waals surface area contributed by atoms with E-state index in [1.807, 2.05) is 6.07 Å². The molecule has 1 aromatic rings. The van der Waals surface area contributed by atoms with Crippen LogP contribution in [0.4, 0.5) is 5.69 Å². The zero-order chi connectivity index (χ0) is 13.0. The quantitative estimate of drug-likeness (QED) is 0.860. The first-order valence-electron chi connectivity index (χ1n) is 4.98. The van der Waals surface area contributed by atoms with Gasteiger partial charge < -0.3 is 20.5 Å². The molecule has 0 fully saturated rings. The zero-order valence-corrected chi connectivity index (χ0v) is 11.3. The normalized spacial score (nSPS) is 12.1. The number of hydrogen-bond donors (Lipinski definition) is 2. The maximum atomic E-state index is 11.8. The van der Waals surface area contributed by atoms with Crippen molar-refractivity contribution in [1.82, 2.24) is 0 Å². The summed E-state index contributed by atoms with van der Waals surface area (Å²) in [5.74, 6) is 0.193. The molecule has 1 aromatic carbocycles. The molecule has 3 N–H and O–H groups in total. The number of hydrogen-bond acceptors (Lipinski definition) is 4. The molecule has 0 bridgehead atoms. The molecule has 0 aliphatic rings. The van der Waals surface area contributed by atoms with Crippen molar-refractivity contribution < 1.29 is 14.6 Å². The minimum Gasteiger partial charge on any atom is -0.495 e. The molecule has 6 heteroatoms. The van der Waals surface area contributed by atoms with Crippen LogP contribution in [-0.2, 0) is 4.79 Å². The largest absolute Gasteiger partial charge is 0.495 e. The molecule has 0 radical (unpaired) electrons. The number of aliphatic hydroxyl groups is 1. The highest BCUT2D eigenvalue weighted by Gasteiger charge is 2.21. The van der Waals surface area contributed by atoms with Gasteiger partial charge in [0.05, 0.1) is 19.4 Å². The highest BCUT2D eigenvalue weighted by Crippen LogP contribution is 2.30. The lowest BCUT2D eigenvalue weighted by atomic mass is 10.2. The number of rotatable bonds is 4. The van der Waals surface area contributed by atoms with Crippen LogP contribution in [0, 0.1) is 0 Å². The van der Waals surface area contributed by atoms with E-state index in [2.05, 4.69) is 15.9 Å². The summed E-state index contributed by atoms with van der Waals surface area (Å²) in [6, 6.07) is 4.38. The maximum Gasteiger partial charge on any atom is 0.246 e. The van der Waals surface area contributed by atoms with Crippen LogP contribution in [0.25, 0.3) is 0 Å². The van der Waals surface area contributed by atoms with Crippen molar-refractivity contribution in [2.45, 2.75) is 6.04 Å². The van der Waals surface area contributed by atoms with Gasteiger partial charge in [-0.3, -0.25) is 4.79 Å². The molecule has 1 atom stereocenters. The van der Waals surface area contributed by atoms with Gasteiger partial charge in [-0.05, 0) is 18.2 Å². The van der Waals surface area contributed by atoms with Crippen LogP contribution in [0.1, 0.15) is 0 Å². The molecule has 0 heterocycles. The molecular weight excluding hydrogens is 288 g/mol. The van der Waals surface area contributed by atoms with Crippen molar-refractivity contribution in [3.8, 4) is 5.75 Å². The second-order valence-electron chi connectivity index (χ2n) is 3.50. The molecule has 0 saturated heterocycles. The maximum absolute atomic E-state index is 11.8. The number of aliphatic hydroxyl groups excluding tert-OH is 1. The lowest BCUT2D eigenvalue weighted by Gasteiger charge is -2.22. The summed E-state index contributed by atoms with van der Waals surface area (Å²) in [7, 11) is 3.11. The van der Waals surface area contributed by atoms with Gasteiger partial charge in [0, 0.05) is 11.5 Å². The predicted molar refractivity (Wildman–Crippen MR) is 69.2 cm³/mol. The Morgan fingerprint density at radius 3 is 2.82 bits per heavy atom. The Morgan fingerprint density at radius 2 is 2.29 bits per heavy atom. The van der Waals surface area contributed by atoms with Crippen LogP contribution in [0.15, 0.2) is 22.7 Å². The van der Waals surface area contributed by atoms with Crippen molar-refractivity contribution >= 4 is 27.5 Å². The number of ether oxygens (including phenoxy) is 1. The molecule has 0 aliphatic heterocycles. The number of carbonyl (C=O) groups is 1. The van der Waals surface area contributed by atoms with Gasteiger partial charge in [-0.25, -0.2) is 0 Å². The molecule has 1 rings (SSSR count). The predicted octanol–water partition coefficient (Wildman–Crippen LogP) is 0.740. The fourth-order valence-corrected chi connectivity index (χ4v) is 1.72. The summed E-state index contributed by atoms with van der Waals surface area (Å²) in [6.45, 7) is -0.389. The highest BCUT2D eigenvalue weighted by atomic mass is 79.9. The average molecular weight is 303 g/mol. The van der Waals surface area contributed by atoms with Gasteiger partial charge in [0.25, 0.3) is 0 Å². The first-order chi connectivity index (χ1) is 8.01. The van der Waals surface area contributed by atoms with E-state index >= 15 is 0 Å². The zero-order valence-electron chi connectivity index (χ0n) is 9.68. The van der Waals surface area contributed by atoms with Crippen molar-refractivity contribution in [3.05, 3.63) is 22.7 Å². The van der Waals surface area contributed by atoms with E-state index in [0.717, 1.165) is 4.47 Å². The standard InChI is InChI=1S/C11H15BrN2O3/c1-14(11(16)8(13)6-15)9-5-7(12)3-4-10(9)17-2/h3-5,8,15H,6,13H2,1-2H3. The lowest BCUT2D eigenvalue weighted by Crippen LogP contribution is -2.44. The van der Waals surface area contributed by atoms with Gasteiger partial charge in [-0.1, -0.05) is 15.9 Å². The third kappa shape index (κ3) is 3.18. The van der Waals surface area contributed by atoms with Gasteiger partial charge >= 0.3 is 0 Å². The summed E-state index contributed by atoms with van der Waals surface area (Å²) in [6.07, 6.45) is 0. The molecule has 0 aromatic heterocycles. The van der Waals surface area contributed by atoms with Crippen LogP contribution in [-0.4, -0.2) is 37.8 Å². The van der Waals surface area contributed by atoms with E-state index in [-0.39, 0.29) is 12.5 Å². The summed E-state index contributed by atoms with van der Waals surface area (Å²) >= 11 is 3.32. The molecule has 0 saturated carbocycles. The monoisotopic (exact) mass is 302 g/mol. The van der Waals surface area contributed by atoms with Gasteiger partial charge in [0.15, 0.2) is 0 Å². The number of benzene rings is 1. The van der Waals surface area contributed by atoms with Crippen molar-refractivity contribution in [3.63, 3.8) is 0 Å². The van der Waals surface area contributed by atoms with E-state index in [9.17, 15) is 4.79 Å². The molecule has 1 amide bonds. The Morgan fingerprint density at radius 1 is 1.65 bits per heavy atom. The van der Waals surface area contributed by atoms with E-state index in [1.165, 1.54) is 12.0 Å². The topological polar surface area (TPSA) is 75.8 Å². The number of anilines is 1. The van der Waals surface area contributed by atoms with E-state index in [4.69, 9.17) is 15.6 Å². The summed E-state index contributed by atoms with van der Waals surface area (Å²) in [5.41, 5.74) is 6.08. The third-order valence-corrected chi connectivity index (χ3v) is 2.84. The molecule has 0 spiro atoms. The Kier molecular flexibility index (Phi) is 4.92. The number of halogens is 1. The Labute approximate surface area is 108 Å². The van der Waals surface area contributed by atoms with Crippen molar-refractivity contribution in [2.24, 2.45) is 5.73 Å². The summed E-state index contributed by atoms with van der Waals surface area (Å²) in [4.78, 5) is 13.2. The number of likely N-dealkylation sites (N-methyl/N-ethyl adjacent to an activating group) is 1. The van der Waals surface area contributed by atoms with Gasteiger partial charge in [0.2, 0.25) is 5.91 Å². The Balaban J connectivity index is 3.06. The van der Waals surface area contributed by atoms with Gasteiger partial charge in [-0.15, -0.1) is 0 Å². The van der Waals surface area contributed by atoms with Crippen LogP contribution < -0.4 is 15.4 Å². The van der Waals surface area contributed by atoms with Crippen LogP contribution in [0.2, 0.25) is 0 Å². The third-order valence-electron chi connectivity index (χ3n) is 2.35. The molecule has 1 unspecified atom stereocenters. The summed E-state index contributed by atoms with van der Waals surface area (Å²) < 4.78 is 5.99. The highest BCUT2D eigenvalue weighted by molar-refractivity contribution is 9.10. The van der Waals surface area contributed by atoms with Crippen LogP contribution in [0.3, 0.4) is 0 Å². The first kappa shape index (κ1) is 14.0. The van der Waals surface area contributed by atoms with E-state index < -0.39 is 6.04 Å². The fraction of sp³-hybridized carbons (Fsp3) is 0.364. The van der Waals surface area contributed by atoms with Gasteiger partial charge in [-0.2, -0.15) is 0 Å². The minimum absolute atomic E-state index is 0.371. The number of carbonyl (C=O) groups excluding carboxylic acids is 1. The smallest absolute Gasteiger partial charge is 0.246 e. The Hall–Kier alpha value is -1.11. The van der Waals surface area contributed by atoms with Gasteiger partial charge in [0.1, 0.15) is 11.8 Å². The Bertz CT molecular complexity index is 412. The number of methoxy groups -OCH3 is 1. The average Bonchev–Trinajstić information content (AvgIpc) is 2.35. The molecule has 17 heavy (non-hydrogen) atoms. The number of nitrogens with two attached hydrogens (primary N) is 1. The van der Waals surface area contributed by atoms with Crippen LogP contribution >= 0.6 is 15.9 Å². The van der Waals surface area contributed by atoms with E-state index in [0.29, 0.717) is 11.4 Å². The van der Waals surface area contributed by atoms with E-state index in [1.54, 1.807) is 19.2 Å². The van der Waals surface area contributed by atoms with Crippen LogP contribution in [0.5, 0.6) is 5.75 Å². The molecule has 94 valence electrons. The molecular formula is C11H15BrN2O3. The minimum atomic E-state index is -0.927. The second-order valence-corrected chi connectivity index (χ2v) is 4.42. The lowest BCUT2D eigenvalue weighted by molar-refractivity contribution is -0.120. The molecule has 0 aliphatic carbocycles. The first-order valence-corrected chi connectivity index (χ1v) is 5.78. The SMILES string of the molecule is COc1ccc(Br)cc1N(C)C(=O)C(N)CO. The van der Waals surface area contributed by atoms with Crippen molar-refractivity contribution in [1.29, 1.82) is 0 Å². The summed E-state index contributed by atoms with van der Waals surface area (Å²) in [5, 5.41) is 8.87. The number of nitrogens with zero attached hydrogens (tertiary/aromatic N) is 1.